The third-order valence-corrected chi connectivity index (χ3v) is 18.1. The molecule has 6 atom stereocenters. The molecule has 0 spiro atoms. The van der Waals surface area contributed by atoms with E-state index in [2.05, 4.69) is 33.3 Å². The maximum atomic E-state index is 14.9. The van der Waals surface area contributed by atoms with Crippen LogP contribution in [0.5, 0.6) is 0 Å². The number of hydrogen-bond donors (Lipinski definition) is 7. The standard InChI is InChI=1S/C55H73F2N7O16S.C25H25ClO2/c1-37-50(53(70)64(33-46(59)39-9-3-2-4-10-39)55(73)63(37)32-42-43(56)13-6-14-44(42)57)40-11-5-8-38(30-40)15-16-41(66)12-7-18-74-20-22-76-24-26-78-28-29-79-27-25-77-23-21-75-19-17-49(67)60-31-45(58)51(68)61-47(34-80-36-65)52(69)62-48(35-81)54(71)72;1-4-19(3)24(27)28-25(20-10-6-5-7-11-20,21-16-14-18(2)15-17-21)22-12-8-9-13-23(22)26/h2-6,8-11,13-14,30,36,45-48,81H,7,12,15-29,31-35,58-59H2,1H3,(H,60,67)(H,61,68)(H,62,69)(H,71,72);5-17,19H,4H2,1-3H3/t45-,46-,47-,48-;/m0./s1. The molecular weight excluding hydrogens is 1450 g/mol. The number of amides is 3. The lowest BCUT2D eigenvalue weighted by atomic mass is 9.79. The van der Waals surface area contributed by atoms with Crippen LogP contribution in [0, 0.1) is 31.4 Å². The van der Waals surface area contributed by atoms with Crippen LogP contribution in [0.3, 0.4) is 0 Å². The minimum atomic E-state index is -1.45. The number of Topliss-reactive ketones (excluding diaryl/α,β-unsaturated/α-hetero) is 1. The van der Waals surface area contributed by atoms with Gasteiger partial charge in [0.05, 0.1) is 97.2 Å². The van der Waals surface area contributed by atoms with Gasteiger partial charge in [-0.15, -0.1) is 0 Å². The molecule has 29 heteroatoms. The molecule has 2 unspecified atom stereocenters. The second kappa shape index (κ2) is 47.6. The van der Waals surface area contributed by atoms with Gasteiger partial charge in [-0.3, -0.25) is 42.7 Å². The number of thiol groups is 1. The van der Waals surface area contributed by atoms with Crippen molar-refractivity contribution in [2.24, 2.45) is 17.4 Å². The first-order valence-corrected chi connectivity index (χ1v) is 36.8. The number of hydrogen-bond acceptors (Lipinski definition) is 20. The Kier molecular flexibility index (Phi) is 38.7. The van der Waals surface area contributed by atoms with E-state index in [1.54, 1.807) is 49.4 Å². The van der Waals surface area contributed by atoms with Crippen molar-refractivity contribution in [1.82, 2.24) is 25.1 Å². The van der Waals surface area contributed by atoms with Crippen LogP contribution in [0.2, 0.25) is 5.02 Å². The van der Waals surface area contributed by atoms with Gasteiger partial charge in [-0.1, -0.05) is 164 Å². The van der Waals surface area contributed by atoms with Crippen molar-refractivity contribution in [2.45, 2.75) is 109 Å². The van der Waals surface area contributed by atoms with Gasteiger partial charge in [0.1, 0.15) is 42.2 Å². The van der Waals surface area contributed by atoms with E-state index in [1.807, 2.05) is 112 Å². The number of benzene rings is 6. The first-order valence-electron chi connectivity index (χ1n) is 35.8. The summed E-state index contributed by atoms with van der Waals surface area (Å²) in [5, 5.41) is 16.6. The SMILES string of the molecule is CCC(C)C(=O)OC(c1ccccc1)(c1ccc(C)cc1)c1ccccc1Cl.Cc1c(-c2cccc(CCC(=O)CCCOCCOCCOCCOCCOCCOCCC(=O)NC[C@H](N)C(=O)N[C@@H](COC=O)C(=O)N[C@@H](CS)C(=O)O)c2)c(=O)n(C[C@H](N)c2ccccc2)c(=O)n1Cc1c(F)cccc1F. The first-order chi connectivity index (χ1) is 52.5. The van der Waals surface area contributed by atoms with Crippen LogP contribution >= 0.6 is 24.2 Å². The summed E-state index contributed by atoms with van der Waals surface area (Å²) in [4.78, 5) is 113. The van der Waals surface area contributed by atoms with E-state index in [1.165, 1.54) is 10.6 Å². The number of aromatic nitrogens is 2. The van der Waals surface area contributed by atoms with Crippen molar-refractivity contribution in [3.05, 3.63) is 234 Å². The summed E-state index contributed by atoms with van der Waals surface area (Å²) in [6, 6.07) is 40.1. The molecule has 7 aromatic rings. The van der Waals surface area contributed by atoms with Crippen LogP contribution < -0.4 is 38.7 Å². The Labute approximate surface area is 643 Å². The van der Waals surface area contributed by atoms with Crippen LogP contribution in [-0.4, -0.2) is 172 Å². The molecular formula is C80H98ClF2N7O18S. The lowest BCUT2D eigenvalue weighted by Gasteiger charge is -2.36. The van der Waals surface area contributed by atoms with Gasteiger partial charge in [0, 0.05) is 77.2 Å². The Morgan fingerprint density at radius 1 is 0.651 bits per heavy atom. The maximum Gasteiger partial charge on any atom is 0.331 e. The largest absolute Gasteiger partial charge is 0.480 e. The third kappa shape index (κ3) is 28.2. The summed E-state index contributed by atoms with van der Waals surface area (Å²) in [7, 11) is 0. The number of halogens is 3. The molecule has 8 N–H and O–H groups in total. The average molecular weight is 1550 g/mol. The number of carboxylic acids is 1. The minimum absolute atomic E-state index is 0.0360. The molecule has 6 aromatic carbocycles. The number of aliphatic carboxylic acids is 1. The smallest absolute Gasteiger partial charge is 0.331 e. The number of aryl methyl sites for hydroxylation is 2. The number of carbonyl (C=O) groups excluding carboxylic acids is 6. The summed E-state index contributed by atoms with van der Waals surface area (Å²) in [6.07, 6.45) is 2.15. The zero-order valence-corrected chi connectivity index (χ0v) is 63.3. The van der Waals surface area contributed by atoms with Crippen molar-refractivity contribution in [2.75, 3.05) is 98.2 Å². The summed E-state index contributed by atoms with van der Waals surface area (Å²) < 4.78 is 75.8. The quantitative estimate of drug-likeness (QED) is 0.00626. The van der Waals surface area contributed by atoms with E-state index < -0.39 is 89.5 Å². The van der Waals surface area contributed by atoms with E-state index in [9.17, 15) is 51.9 Å². The number of nitrogens with two attached hydrogens (primary N) is 2. The predicted octanol–water partition coefficient (Wildman–Crippen LogP) is 7.91. The Morgan fingerprint density at radius 2 is 1.20 bits per heavy atom. The van der Waals surface area contributed by atoms with Gasteiger partial charge >= 0.3 is 17.6 Å². The van der Waals surface area contributed by atoms with Gasteiger partial charge in [-0.25, -0.2) is 18.4 Å². The van der Waals surface area contributed by atoms with Crippen molar-refractivity contribution < 1.29 is 85.3 Å². The number of carboxylic acid groups (broad SMARTS) is 1. The number of nitrogens with one attached hydrogen (secondary N) is 3. The van der Waals surface area contributed by atoms with Gasteiger partial charge in [-0.05, 0) is 68.0 Å². The van der Waals surface area contributed by atoms with Crippen LogP contribution in [0.15, 0.2) is 161 Å². The van der Waals surface area contributed by atoms with Crippen molar-refractivity contribution >= 4 is 66.1 Å². The average Bonchev–Trinajstić information content (AvgIpc) is 0.754. The topological polar surface area (TPSA) is 346 Å². The molecule has 0 radical (unpaired) electrons. The molecule has 0 aliphatic carbocycles. The number of ketones is 1. The molecule has 109 heavy (non-hydrogen) atoms. The molecule has 0 bridgehead atoms. The Bertz CT molecular complexity index is 4140. The fourth-order valence-corrected chi connectivity index (χ4v) is 11.6. The van der Waals surface area contributed by atoms with Crippen LogP contribution in [-0.2, 0) is 96.6 Å². The second-order valence-corrected chi connectivity index (χ2v) is 26.1. The van der Waals surface area contributed by atoms with E-state index in [4.69, 9.17) is 61.3 Å². The van der Waals surface area contributed by atoms with Gasteiger partial charge in [0.15, 0.2) is 5.60 Å². The van der Waals surface area contributed by atoms with Crippen molar-refractivity contribution in [1.29, 1.82) is 0 Å². The Hall–Kier alpha value is -9.33. The highest BCUT2D eigenvalue weighted by molar-refractivity contribution is 7.80. The maximum absolute atomic E-state index is 14.9. The molecule has 0 aliphatic rings. The minimum Gasteiger partial charge on any atom is -0.480 e. The molecule has 3 amide bonds. The number of esters is 1. The fourth-order valence-electron chi connectivity index (χ4n) is 11.1. The zero-order chi connectivity index (χ0) is 79.1. The van der Waals surface area contributed by atoms with E-state index in [0.717, 1.165) is 44.5 Å². The van der Waals surface area contributed by atoms with E-state index in [0.29, 0.717) is 101 Å². The van der Waals surface area contributed by atoms with Crippen LogP contribution in [0.25, 0.3) is 11.1 Å². The van der Waals surface area contributed by atoms with Gasteiger partial charge in [0.25, 0.3) is 12.0 Å². The van der Waals surface area contributed by atoms with Crippen molar-refractivity contribution in [3.63, 3.8) is 0 Å². The second-order valence-electron chi connectivity index (χ2n) is 25.3. The Balaban J connectivity index is 0.000000549. The first kappa shape index (κ1) is 88.6. The fraction of sp³-hybridized carbons (Fsp3) is 0.412. The summed E-state index contributed by atoms with van der Waals surface area (Å²) in [6.45, 7) is 9.64. The molecule has 0 saturated heterocycles. The van der Waals surface area contributed by atoms with E-state index in [-0.39, 0.29) is 92.5 Å². The van der Waals surface area contributed by atoms with Crippen LogP contribution in [0.1, 0.15) is 96.6 Å². The number of rotatable bonds is 48. The molecule has 1 heterocycles. The monoisotopic (exact) mass is 1550 g/mol. The number of ether oxygens (including phenoxy) is 8. The molecule has 25 nitrogen and oxygen atoms in total. The summed E-state index contributed by atoms with van der Waals surface area (Å²) >= 11 is 10.5. The van der Waals surface area contributed by atoms with Gasteiger partial charge in [0.2, 0.25) is 17.7 Å². The molecule has 7 rings (SSSR count). The molecule has 588 valence electrons. The highest BCUT2D eigenvalue weighted by Gasteiger charge is 2.43. The van der Waals surface area contributed by atoms with Crippen molar-refractivity contribution in [3.8, 4) is 11.1 Å². The zero-order valence-electron chi connectivity index (χ0n) is 61.7. The molecule has 0 saturated carbocycles. The summed E-state index contributed by atoms with van der Waals surface area (Å²) in [5.74, 6) is -5.93. The Morgan fingerprint density at radius 3 is 1.78 bits per heavy atom. The normalized spacial score (nSPS) is 13.1. The lowest BCUT2D eigenvalue weighted by Crippen LogP contribution is -2.57. The highest BCUT2D eigenvalue weighted by Crippen LogP contribution is 2.44. The third-order valence-electron chi connectivity index (χ3n) is 17.4. The molecule has 0 fully saturated rings. The van der Waals surface area contributed by atoms with Crippen LogP contribution in [0.4, 0.5) is 8.78 Å². The molecule has 1 aromatic heterocycles. The van der Waals surface area contributed by atoms with Gasteiger partial charge < -0.3 is 70.4 Å². The number of carbonyl (C=O) groups is 7. The predicted molar refractivity (Wildman–Crippen MR) is 409 cm³/mol. The highest BCUT2D eigenvalue weighted by atomic mass is 35.5. The molecule has 0 aliphatic heterocycles. The summed E-state index contributed by atoms with van der Waals surface area (Å²) in [5.41, 5.74) is 15.5. The van der Waals surface area contributed by atoms with E-state index >= 15 is 0 Å². The number of nitrogens with zero attached hydrogens (tertiary/aromatic N) is 2. The van der Waals surface area contributed by atoms with Gasteiger partial charge in [-0.2, -0.15) is 12.6 Å². The lowest BCUT2D eigenvalue weighted by molar-refractivity contribution is -0.158.